The van der Waals surface area contributed by atoms with Crippen LogP contribution in [0.5, 0.6) is 0 Å². The van der Waals surface area contributed by atoms with E-state index in [1.54, 1.807) is 0 Å². The van der Waals surface area contributed by atoms with E-state index in [2.05, 4.69) is 29.7 Å². The second kappa shape index (κ2) is 4.86. The molecule has 1 aliphatic carbocycles. The highest BCUT2D eigenvalue weighted by Crippen LogP contribution is 2.19. The molecule has 104 valence electrons. The summed E-state index contributed by atoms with van der Waals surface area (Å²) in [5.74, 6) is 1.88. The summed E-state index contributed by atoms with van der Waals surface area (Å²) in [5, 5.41) is 3.47. The summed E-state index contributed by atoms with van der Waals surface area (Å²) in [7, 11) is 0. The van der Waals surface area contributed by atoms with Gasteiger partial charge >= 0.3 is 0 Å². The molecule has 1 aliphatic heterocycles. The maximum absolute atomic E-state index is 4.50. The van der Waals surface area contributed by atoms with Crippen molar-refractivity contribution in [3.63, 3.8) is 0 Å². The van der Waals surface area contributed by atoms with Crippen LogP contribution in [0.15, 0.2) is 24.8 Å². The van der Waals surface area contributed by atoms with Crippen molar-refractivity contribution in [2.45, 2.75) is 38.5 Å². The fraction of sp³-hybridized carbons (Fsp3) is 0.500. The van der Waals surface area contributed by atoms with Crippen LogP contribution in [0.25, 0.3) is 0 Å². The third-order valence-corrected chi connectivity index (χ3v) is 3.89. The van der Waals surface area contributed by atoms with Crippen LogP contribution in [0.1, 0.15) is 24.2 Å². The molecule has 6 nitrogen and oxygen atoms in total. The summed E-state index contributed by atoms with van der Waals surface area (Å²) in [5.41, 5.74) is 1.15. The van der Waals surface area contributed by atoms with Crippen LogP contribution in [0.3, 0.4) is 0 Å². The van der Waals surface area contributed by atoms with Crippen LogP contribution in [0.4, 0.5) is 5.95 Å². The SMILES string of the molecule is c1cn2c(n1)CN(c1ncc(CNC3CC3)cn1)CC2. The highest BCUT2D eigenvalue weighted by molar-refractivity contribution is 5.31. The molecular weight excluding hydrogens is 252 g/mol. The summed E-state index contributed by atoms with van der Waals surface area (Å²) in [6.45, 7) is 3.54. The van der Waals surface area contributed by atoms with Crippen LogP contribution >= 0.6 is 0 Å². The first-order valence-corrected chi connectivity index (χ1v) is 7.18. The largest absolute Gasteiger partial charge is 0.332 e. The molecule has 0 spiro atoms. The molecule has 1 saturated carbocycles. The molecule has 0 atom stereocenters. The van der Waals surface area contributed by atoms with Gasteiger partial charge in [0, 0.05) is 56.0 Å². The Kier molecular flexibility index (Phi) is 2.88. The monoisotopic (exact) mass is 270 g/mol. The van der Waals surface area contributed by atoms with Crippen LogP contribution < -0.4 is 10.2 Å². The maximum Gasteiger partial charge on any atom is 0.225 e. The van der Waals surface area contributed by atoms with Gasteiger partial charge in [-0.2, -0.15) is 0 Å². The molecule has 0 radical (unpaired) electrons. The van der Waals surface area contributed by atoms with E-state index in [4.69, 9.17) is 0 Å². The number of aromatic nitrogens is 4. The molecule has 0 saturated heterocycles. The average Bonchev–Trinajstić information content (AvgIpc) is 3.21. The lowest BCUT2D eigenvalue weighted by Gasteiger charge is -2.27. The summed E-state index contributed by atoms with van der Waals surface area (Å²) in [6.07, 6.45) is 10.4. The zero-order chi connectivity index (χ0) is 13.4. The first-order chi connectivity index (χ1) is 9.88. The molecule has 0 bridgehead atoms. The van der Waals surface area contributed by atoms with Crippen molar-refractivity contribution in [2.24, 2.45) is 0 Å². The van der Waals surface area contributed by atoms with Crippen LogP contribution in [-0.4, -0.2) is 32.1 Å². The molecule has 4 rings (SSSR count). The fourth-order valence-electron chi connectivity index (χ4n) is 2.50. The molecule has 2 aromatic heterocycles. The van der Waals surface area contributed by atoms with E-state index in [1.165, 1.54) is 12.8 Å². The van der Waals surface area contributed by atoms with Crippen molar-refractivity contribution < 1.29 is 0 Å². The summed E-state index contributed by atoms with van der Waals surface area (Å²) < 4.78 is 2.18. The Balaban J connectivity index is 1.43. The third kappa shape index (κ3) is 2.38. The highest BCUT2D eigenvalue weighted by Gasteiger charge is 2.21. The van der Waals surface area contributed by atoms with Crippen LogP contribution in [0, 0.1) is 0 Å². The van der Waals surface area contributed by atoms with Crippen molar-refractivity contribution >= 4 is 5.95 Å². The van der Waals surface area contributed by atoms with Gasteiger partial charge in [0.1, 0.15) is 5.82 Å². The average molecular weight is 270 g/mol. The van der Waals surface area contributed by atoms with E-state index < -0.39 is 0 Å². The predicted octanol–water partition coefficient (Wildman–Crippen LogP) is 0.945. The predicted molar refractivity (Wildman–Crippen MR) is 75.2 cm³/mol. The van der Waals surface area contributed by atoms with Crippen LogP contribution in [0.2, 0.25) is 0 Å². The molecule has 2 aliphatic rings. The number of imidazole rings is 1. The lowest BCUT2D eigenvalue weighted by Crippen LogP contribution is -2.34. The van der Waals surface area contributed by atoms with Gasteiger partial charge in [0.2, 0.25) is 5.95 Å². The molecule has 2 aromatic rings. The molecule has 0 amide bonds. The number of fused-ring (bicyclic) bond motifs is 1. The number of nitrogens with one attached hydrogen (secondary N) is 1. The maximum atomic E-state index is 4.50. The smallest absolute Gasteiger partial charge is 0.225 e. The molecule has 1 N–H and O–H groups in total. The lowest BCUT2D eigenvalue weighted by molar-refractivity contribution is 0.551. The zero-order valence-electron chi connectivity index (χ0n) is 11.4. The van der Waals surface area contributed by atoms with Crippen molar-refractivity contribution in [3.8, 4) is 0 Å². The van der Waals surface area contributed by atoms with Gasteiger partial charge in [-0.1, -0.05) is 0 Å². The van der Waals surface area contributed by atoms with Gasteiger partial charge in [-0.05, 0) is 12.8 Å². The van der Waals surface area contributed by atoms with E-state index in [0.29, 0.717) is 0 Å². The Labute approximate surface area is 117 Å². The second-order valence-corrected chi connectivity index (χ2v) is 5.50. The standard InChI is InChI=1S/C14H18N6/c1-2-12(1)16-7-11-8-17-14(18-9-11)20-6-5-19-4-3-15-13(19)10-20/h3-4,8-9,12,16H,1-2,5-7,10H2. The van der Waals surface area contributed by atoms with Crippen LogP contribution in [-0.2, 0) is 19.6 Å². The topological polar surface area (TPSA) is 58.9 Å². The fourth-order valence-corrected chi connectivity index (χ4v) is 2.50. The van der Waals surface area contributed by atoms with E-state index in [1.807, 2.05) is 24.8 Å². The Morgan fingerprint density at radius 1 is 1.15 bits per heavy atom. The van der Waals surface area contributed by atoms with E-state index in [9.17, 15) is 0 Å². The Hall–Kier alpha value is -1.95. The minimum atomic E-state index is 0.718. The van der Waals surface area contributed by atoms with Crippen molar-refractivity contribution in [3.05, 3.63) is 36.2 Å². The summed E-state index contributed by atoms with van der Waals surface area (Å²) in [4.78, 5) is 15.5. The summed E-state index contributed by atoms with van der Waals surface area (Å²) in [6, 6.07) is 0.718. The molecule has 0 aromatic carbocycles. The Bertz CT molecular complexity index is 586. The first kappa shape index (κ1) is 11.8. The zero-order valence-corrected chi connectivity index (χ0v) is 11.4. The molecule has 1 fully saturated rings. The molecule has 0 unspecified atom stereocenters. The highest BCUT2D eigenvalue weighted by atomic mass is 15.3. The number of rotatable bonds is 4. The lowest BCUT2D eigenvalue weighted by atomic mass is 10.3. The van der Waals surface area contributed by atoms with E-state index in [-0.39, 0.29) is 0 Å². The minimum absolute atomic E-state index is 0.718. The first-order valence-electron chi connectivity index (χ1n) is 7.18. The van der Waals surface area contributed by atoms with Gasteiger partial charge in [-0.25, -0.2) is 15.0 Å². The minimum Gasteiger partial charge on any atom is -0.332 e. The molecule has 20 heavy (non-hydrogen) atoms. The van der Waals surface area contributed by atoms with Crippen molar-refractivity contribution in [2.75, 3.05) is 11.4 Å². The number of anilines is 1. The number of hydrogen-bond acceptors (Lipinski definition) is 5. The van der Waals surface area contributed by atoms with Gasteiger partial charge in [-0.15, -0.1) is 0 Å². The van der Waals surface area contributed by atoms with Gasteiger partial charge in [0.05, 0.1) is 6.54 Å². The van der Waals surface area contributed by atoms with Gasteiger partial charge in [0.25, 0.3) is 0 Å². The number of hydrogen-bond donors (Lipinski definition) is 1. The van der Waals surface area contributed by atoms with Gasteiger partial charge in [0.15, 0.2) is 0 Å². The Morgan fingerprint density at radius 2 is 2.00 bits per heavy atom. The van der Waals surface area contributed by atoms with Gasteiger partial charge < -0.3 is 14.8 Å². The Morgan fingerprint density at radius 3 is 2.80 bits per heavy atom. The quantitative estimate of drug-likeness (QED) is 0.896. The van der Waals surface area contributed by atoms with Crippen molar-refractivity contribution in [1.29, 1.82) is 0 Å². The second-order valence-electron chi connectivity index (χ2n) is 5.50. The molecule has 6 heteroatoms. The van der Waals surface area contributed by atoms with Crippen molar-refractivity contribution in [1.82, 2.24) is 24.8 Å². The molecule has 3 heterocycles. The van der Waals surface area contributed by atoms with E-state index >= 15 is 0 Å². The normalized spacial score (nSPS) is 18.1. The van der Waals surface area contributed by atoms with E-state index in [0.717, 1.165) is 49.6 Å². The molecular formula is C14H18N6. The number of nitrogens with zero attached hydrogens (tertiary/aromatic N) is 5. The van der Waals surface area contributed by atoms with Gasteiger partial charge in [-0.3, -0.25) is 0 Å². The third-order valence-electron chi connectivity index (χ3n) is 3.89. The summed E-state index contributed by atoms with van der Waals surface area (Å²) >= 11 is 0.